The number of β-amino-alcohol motifs (C(OH)–C–C–N with tert-alkyl or cyclic N) is 1. The zero-order valence-electron chi connectivity index (χ0n) is 68.3. The molecular formula is C80H104N28O8. The molecule has 3 aliphatic heterocycles. The first-order valence-electron chi connectivity index (χ1n) is 39.0. The Kier molecular flexibility index (Phi) is 25.8. The Hall–Kier alpha value is -12.1. The third-order valence-electron chi connectivity index (χ3n) is 21.5. The Labute approximate surface area is 671 Å². The predicted molar refractivity (Wildman–Crippen MR) is 445 cm³/mol. The lowest BCUT2D eigenvalue weighted by Gasteiger charge is -2.38. The zero-order valence-corrected chi connectivity index (χ0v) is 68.3. The van der Waals surface area contributed by atoms with Crippen LogP contribution in [-0.4, -0.2) is 250 Å². The number of aliphatic hydroxyl groups excluding tert-OH is 1. The highest BCUT2D eigenvalue weighted by Gasteiger charge is 2.34. The normalized spacial score (nSPS) is 15.9. The molecule has 116 heavy (non-hydrogen) atoms. The van der Waals surface area contributed by atoms with Crippen LogP contribution in [0, 0.1) is 20.8 Å². The number of carbonyl (C=O) groups excluding carboxylic acids is 3. The lowest BCUT2D eigenvalue weighted by molar-refractivity contribution is -0.123. The number of likely N-dealkylation sites (tertiary alicyclic amines) is 3. The lowest BCUT2D eigenvalue weighted by Crippen LogP contribution is -2.50. The molecule has 12 aromatic heterocycles. The van der Waals surface area contributed by atoms with E-state index < -0.39 is 0 Å². The van der Waals surface area contributed by atoms with E-state index in [1.165, 1.54) is 0 Å². The highest BCUT2D eigenvalue weighted by molar-refractivity contribution is 6.08. The number of amides is 3. The smallest absolute Gasteiger partial charge is 0.256 e. The van der Waals surface area contributed by atoms with Crippen molar-refractivity contribution < 1.29 is 38.4 Å². The number of anilines is 9. The van der Waals surface area contributed by atoms with Gasteiger partial charge in [-0.2, -0.15) is 0 Å². The molecule has 3 aliphatic rings. The van der Waals surface area contributed by atoms with Gasteiger partial charge in [0.1, 0.15) is 17.1 Å². The maximum Gasteiger partial charge on any atom is 0.256 e. The molecule has 0 aliphatic carbocycles. The first-order chi connectivity index (χ1) is 56.1. The Bertz CT molecular complexity index is 5420. The fourth-order valence-corrected chi connectivity index (χ4v) is 15.5. The van der Waals surface area contributed by atoms with E-state index in [1.54, 1.807) is 92.1 Å². The quantitative estimate of drug-likeness (QED) is 0.0241. The van der Waals surface area contributed by atoms with Crippen molar-refractivity contribution >= 4 is 103 Å². The van der Waals surface area contributed by atoms with E-state index in [4.69, 9.17) is 33.9 Å². The molecule has 3 amide bonds. The van der Waals surface area contributed by atoms with Gasteiger partial charge >= 0.3 is 0 Å². The Balaban J connectivity index is 0.000000151. The average molecular weight is 1590 g/mol. The van der Waals surface area contributed by atoms with E-state index >= 15 is 0 Å². The number of hydrogen-bond acceptors (Lipinski definition) is 27. The van der Waals surface area contributed by atoms with E-state index in [2.05, 4.69) is 128 Å². The van der Waals surface area contributed by atoms with Crippen LogP contribution < -0.4 is 46.1 Å². The van der Waals surface area contributed by atoms with E-state index in [0.717, 1.165) is 136 Å². The van der Waals surface area contributed by atoms with Crippen LogP contribution in [-0.2, 0) is 40.3 Å². The molecule has 36 heteroatoms. The third kappa shape index (κ3) is 18.2. The van der Waals surface area contributed by atoms with Crippen molar-refractivity contribution in [3.05, 3.63) is 109 Å². The van der Waals surface area contributed by atoms with Gasteiger partial charge in [-0.15, -0.1) is 15.3 Å². The van der Waals surface area contributed by atoms with Gasteiger partial charge in [0.05, 0.1) is 104 Å². The van der Waals surface area contributed by atoms with Gasteiger partial charge in [-0.3, -0.25) is 43.1 Å². The van der Waals surface area contributed by atoms with Gasteiger partial charge in [-0.1, -0.05) is 20.8 Å². The van der Waals surface area contributed by atoms with Crippen LogP contribution in [0.5, 0.6) is 17.6 Å². The van der Waals surface area contributed by atoms with Gasteiger partial charge in [0.2, 0.25) is 35.6 Å². The molecule has 15 heterocycles. The van der Waals surface area contributed by atoms with Crippen molar-refractivity contribution in [3.8, 4) is 51.4 Å². The molecule has 0 radical (unpaired) electrons. The molecule has 4 atom stereocenters. The molecule has 0 bridgehead atoms. The topological polar surface area (TPSA) is 410 Å². The van der Waals surface area contributed by atoms with Crippen LogP contribution in [0.25, 0.3) is 66.5 Å². The second-order valence-corrected chi connectivity index (χ2v) is 29.5. The Morgan fingerprint density at radius 2 is 0.819 bits per heavy atom. The van der Waals surface area contributed by atoms with Crippen LogP contribution in [0.3, 0.4) is 0 Å². The minimum absolute atomic E-state index is 0.0305. The van der Waals surface area contributed by atoms with Gasteiger partial charge in [0, 0.05) is 162 Å². The molecule has 4 unspecified atom stereocenters. The number of hydrogen-bond donors (Lipinski definition) is 10. The summed E-state index contributed by atoms with van der Waals surface area (Å²) in [7, 11) is 16.1. The number of piperidine rings is 2. The lowest BCUT2D eigenvalue weighted by atomic mass is 10.0. The van der Waals surface area contributed by atoms with Crippen LogP contribution in [0.2, 0.25) is 0 Å². The van der Waals surface area contributed by atoms with E-state index in [1.807, 2.05) is 104 Å². The van der Waals surface area contributed by atoms with Gasteiger partial charge in [-0.25, -0.2) is 44.9 Å². The molecule has 0 spiro atoms. The number of H-pyrrole nitrogens is 3. The first kappa shape index (κ1) is 81.9. The summed E-state index contributed by atoms with van der Waals surface area (Å²) in [4.78, 5) is 99.8. The van der Waals surface area contributed by atoms with Crippen LogP contribution in [0.15, 0.2) is 92.6 Å². The van der Waals surface area contributed by atoms with E-state index in [-0.39, 0.29) is 48.1 Å². The summed E-state index contributed by atoms with van der Waals surface area (Å²) < 4.78 is 26.4. The largest absolute Gasteiger partial charge is 0.478 e. The third-order valence-corrected chi connectivity index (χ3v) is 21.5. The predicted octanol–water partition coefficient (Wildman–Crippen LogP) is 9.80. The Morgan fingerprint density at radius 3 is 1.12 bits per heavy atom. The summed E-state index contributed by atoms with van der Waals surface area (Å²) >= 11 is 0. The summed E-state index contributed by atoms with van der Waals surface area (Å²) in [5, 5.41) is 44.1. The minimum atomic E-state index is -0.385. The van der Waals surface area contributed by atoms with Crippen molar-refractivity contribution in [1.29, 1.82) is 0 Å². The highest BCUT2D eigenvalue weighted by atomic mass is 16.5. The Morgan fingerprint density at radius 1 is 0.491 bits per heavy atom. The fraction of sp³-hybridized carbons (Fsp3) is 0.438. The number of aryl methyl sites for hydroxylation is 6. The number of carbonyl (C=O) groups is 3. The van der Waals surface area contributed by atoms with Gasteiger partial charge in [0.15, 0.2) is 17.5 Å². The molecule has 12 aromatic rings. The zero-order chi connectivity index (χ0) is 82.0. The number of ether oxygens (including phenoxy) is 4. The molecule has 10 N–H and O–H groups in total. The number of pyridine rings is 3. The number of aliphatic hydroxyl groups is 1. The highest BCUT2D eigenvalue weighted by Crippen LogP contribution is 2.38. The second kappa shape index (κ2) is 36.6. The molecule has 0 saturated carbocycles. The average Bonchev–Trinajstić information content (AvgIpc) is 1.60. The minimum Gasteiger partial charge on any atom is -0.478 e. The number of nitrogens with one attached hydrogen (secondary N) is 9. The second-order valence-electron chi connectivity index (χ2n) is 29.5. The van der Waals surface area contributed by atoms with Crippen LogP contribution in [0.1, 0.15) is 88.8 Å². The van der Waals surface area contributed by atoms with Crippen molar-refractivity contribution in [2.24, 2.45) is 21.1 Å². The van der Waals surface area contributed by atoms with Gasteiger partial charge < -0.3 is 75.8 Å². The SMILES string of the molecule is CCC(C(=O)Nc1nccc2c(-c3nc(Nc4cn(C)nc4OC)ncc3C)c[nH]c12)N1CCC(N(C)C)CC1.CCC(C(=O)Nc1nccc2c(-c3nc(Nc4cn(C)nc4OC)ncc3C)c[nH]c12)N1CCC(O)C1.CCC(C(=O)Nc1nccc2c(-c3nc(Nc4cn(C)nc4OC)ncc3C)c[nH]c12)N1CCC(OC)CC1. The molecule has 15 rings (SSSR count). The summed E-state index contributed by atoms with van der Waals surface area (Å²) in [6, 6.07) is 5.56. The number of aromatic amines is 3. The summed E-state index contributed by atoms with van der Waals surface area (Å²) in [5.74, 6) is 3.85. The number of rotatable bonds is 26. The molecule has 36 nitrogen and oxygen atoms in total. The van der Waals surface area contributed by atoms with Crippen molar-refractivity contribution in [2.45, 2.75) is 129 Å². The maximum absolute atomic E-state index is 13.4. The van der Waals surface area contributed by atoms with Crippen LogP contribution in [0.4, 0.5) is 52.4 Å². The first-order valence-corrected chi connectivity index (χ1v) is 39.0. The fourth-order valence-electron chi connectivity index (χ4n) is 15.5. The van der Waals surface area contributed by atoms with Gasteiger partial charge in [0.25, 0.3) is 17.6 Å². The maximum atomic E-state index is 13.4. The molecular weight excluding hydrogens is 1480 g/mol. The van der Waals surface area contributed by atoms with Crippen molar-refractivity contribution in [3.63, 3.8) is 0 Å². The van der Waals surface area contributed by atoms with Gasteiger partial charge in [-0.05, 0) is 121 Å². The monoisotopic (exact) mass is 1580 g/mol. The number of methoxy groups -OCH3 is 4. The number of nitrogens with zero attached hydrogens (tertiary/aromatic N) is 19. The molecule has 0 aromatic carbocycles. The molecule has 612 valence electrons. The molecule has 3 saturated heterocycles. The van der Waals surface area contributed by atoms with Crippen molar-refractivity contribution in [1.82, 2.24) is 109 Å². The number of aromatic nitrogens is 18. The number of fused-ring (bicyclic) bond motifs is 3. The van der Waals surface area contributed by atoms with Crippen molar-refractivity contribution in [2.75, 3.05) is 114 Å². The summed E-state index contributed by atoms with van der Waals surface area (Å²) in [6.45, 7) is 16.7. The standard InChI is InChI=1S/C28H38N10O2.C27H35N9O3.C25H31N9O3/c1-7-22(38-12-9-18(10-13-38)36(3)4)26(39)34-25-24-19(8-11-29-25)20(15-30-24)23-17(2)14-31-28(33-23)32-21-16-37(5)35-27(21)40-6;1-6-21(36-11-8-17(38-4)9-12-36)25(37)33-24-23-18(7-10-28-24)19(14-29-23)22-16(2)13-30-27(32-22)31-20-15-35(3)34-26(20)39-5;1-5-19(34-9-7-15(35)12-34)23(36)31-22-21-16(6-8-26-22)17(11-27-21)20-14(2)10-28-25(30-20)29-18-13-33(3)32-24(18)37-4/h8,11,14-16,18,22,30H,7,9-10,12-13H2,1-6H3,(H,29,34,39)(H,31,32,33);7,10,13-15,17,21,29H,6,8-9,11-12H2,1-5H3,(H,28,33,37)(H,30,31,32);6,8,10-11,13,15,19,27,35H,5,7,9,12H2,1-4H3,(H,26,31,36)(H,28,29,30). The summed E-state index contributed by atoms with van der Waals surface area (Å²) in [5.41, 5.74) is 11.8. The van der Waals surface area contributed by atoms with E-state index in [9.17, 15) is 19.5 Å². The van der Waals surface area contributed by atoms with E-state index in [0.29, 0.717) is 114 Å². The summed E-state index contributed by atoms with van der Waals surface area (Å²) in [6.07, 6.45) is 28.1. The van der Waals surface area contributed by atoms with Crippen LogP contribution >= 0.6 is 0 Å². The molecule has 3 fully saturated rings.